The average Bonchev–Trinajstić information content (AvgIpc) is 3.05. The highest BCUT2D eigenvalue weighted by molar-refractivity contribution is 6.30. The quantitative estimate of drug-likeness (QED) is 0.686. The van der Waals surface area contributed by atoms with Crippen LogP contribution in [-0.2, 0) is 0 Å². The Balaban J connectivity index is 2.39. The molecule has 1 fully saturated rings. The third kappa shape index (κ3) is 2.22. The monoisotopic (exact) mass is 217 g/mol. The van der Waals surface area contributed by atoms with Gasteiger partial charge in [0.05, 0.1) is 11.6 Å². The molecule has 0 bridgehead atoms. The summed E-state index contributed by atoms with van der Waals surface area (Å²) in [6.45, 7) is 2.06. The Bertz CT molecular complexity index is 433. The van der Waals surface area contributed by atoms with Crippen LogP contribution in [0, 0.1) is 17.2 Å². The Labute approximate surface area is 95.0 Å². The minimum absolute atomic E-state index is 0.635. The first kappa shape index (κ1) is 10.3. The molecule has 1 aromatic carbocycles. The van der Waals surface area contributed by atoms with Crippen LogP contribution in [0.5, 0.6) is 0 Å². The van der Waals surface area contributed by atoms with Gasteiger partial charge in [0, 0.05) is 5.02 Å². The van der Waals surface area contributed by atoms with Gasteiger partial charge in [-0.2, -0.15) is 5.26 Å². The second-order valence-electron chi connectivity index (χ2n) is 3.95. The molecule has 2 heteroatoms. The van der Waals surface area contributed by atoms with Crippen molar-refractivity contribution in [1.29, 1.82) is 5.26 Å². The Morgan fingerprint density at radius 1 is 1.33 bits per heavy atom. The van der Waals surface area contributed by atoms with Gasteiger partial charge in [-0.05, 0) is 43.4 Å². The van der Waals surface area contributed by atoms with Crippen molar-refractivity contribution in [3.05, 3.63) is 40.4 Å². The zero-order chi connectivity index (χ0) is 10.8. The number of hydrogen-bond donors (Lipinski definition) is 0. The summed E-state index contributed by atoms with van der Waals surface area (Å²) in [5.41, 5.74) is 3.01. The van der Waals surface area contributed by atoms with Crippen molar-refractivity contribution in [2.24, 2.45) is 5.92 Å². The molecule has 0 heterocycles. The molecule has 0 atom stereocenters. The first-order chi connectivity index (χ1) is 7.22. The van der Waals surface area contributed by atoms with Gasteiger partial charge in [0.25, 0.3) is 0 Å². The van der Waals surface area contributed by atoms with Gasteiger partial charge in [0.15, 0.2) is 0 Å². The maximum atomic E-state index is 9.15. The molecule has 1 aliphatic carbocycles. The molecule has 1 nitrogen and oxygen atoms in total. The SMILES string of the molecule is CC(=C(C#N)c1ccc(Cl)cc1)C1CC1. The molecule has 0 saturated heterocycles. The van der Waals surface area contributed by atoms with E-state index in [0.717, 1.165) is 11.1 Å². The third-order valence-corrected chi connectivity index (χ3v) is 3.08. The van der Waals surface area contributed by atoms with E-state index in [0.29, 0.717) is 10.9 Å². The maximum absolute atomic E-state index is 9.15. The molecule has 1 aromatic rings. The molecule has 15 heavy (non-hydrogen) atoms. The molecule has 0 unspecified atom stereocenters. The molecular formula is C13H12ClN. The lowest BCUT2D eigenvalue weighted by Crippen LogP contribution is -1.88. The highest BCUT2D eigenvalue weighted by Gasteiger charge is 2.25. The van der Waals surface area contributed by atoms with Crippen LogP contribution >= 0.6 is 11.6 Å². The minimum atomic E-state index is 0.635. The molecule has 2 rings (SSSR count). The standard InChI is InChI=1S/C13H12ClN/c1-9(10-2-3-10)13(8-15)11-4-6-12(14)7-5-11/h4-7,10H,2-3H2,1H3. The van der Waals surface area contributed by atoms with Crippen molar-refractivity contribution in [3.8, 4) is 6.07 Å². The first-order valence-corrected chi connectivity index (χ1v) is 5.47. The van der Waals surface area contributed by atoms with Gasteiger partial charge in [0.1, 0.15) is 0 Å². The van der Waals surface area contributed by atoms with Crippen molar-refractivity contribution >= 4 is 17.2 Å². The lowest BCUT2D eigenvalue weighted by Gasteiger charge is -2.04. The van der Waals surface area contributed by atoms with Crippen LogP contribution in [0.1, 0.15) is 25.3 Å². The van der Waals surface area contributed by atoms with E-state index in [1.54, 1.807) is 0 Å². The van der Waals surface area contributed by atoms with E-state index in [9.17, 15) is 0 Å². The second-order valence-corrected chi connectivity index (χ2v) is 4.39. The fraction of sp³-hybridized carbons (Fsp3) is 0.308. The van der Waals surface area contributed by atoms with Crippen molar-refractivity contribution in [2.75, 3.05) is 0 Å². The molecule has 0 spiro atoms. The van der Waals surface area contributed by atoms with Crippen LogP contribution in [0.15, 0.2) is 29.8 Å². The summed E-state index contributed by atoms with van der Waals surface area (Å²) in [6.07, 6.45) is 2.45. The Hall–Kier alpha value is -1.26. The topological polar surface area (TPSA) is 23.8 Å². The second kappa shape index (κ2) is 4.08. The van der Waals surface area contributed by atoms with E-state index in [1.807, 2.05) is 24.3 Å². The lowest BCUT2D eigenvalue weighted by atomic mass is 9.99. The predicted octanol–water partition coefficient (Wildman–Crippen LogP) is 4.05. The van der Waals surface area contributed by atoms with Gasteiger partial charge < -0.3 is 0 Å². The molecule has 1 saturated carbocycles. The van der Waals surface area contributed by atoms with Gasteiger partial charge in [-0.25, -0.2) is 0 Å². The van der Waals surface area contributed by atoms with Crippen LogP contribution in [-0.4, -0.2) is 0 Å². The highest BCUT2D eigenvalue weighted by Crippen LogP contribution is 2.39. The van der Waals surface area contributed by atoms with Crippen LogP contribution < -0.4 is 0 Å². The normalized spacial score (nSPS) is 16.9. The van der Waals surface area contributed by atoms with E-state index in [4.69, 9.17) is 16.9 Å². The molecule has 76 valence electrons. The minimum Gasteiger partial charge on any atom is -0.192 e. The number of allylic oxidation sites excluding steroid dienone is 2. The molecule has 0 aromatic heterocycles. The molecule has 0 aliphatic heterocycles. The predicted molar refractivity (Wildman–Crippen MR) is 62.4 cm³/mol. The summed E-state index contributed by atoms with van der Waals surface area (Å²) in [7, 11) is 0. The molecular weight excluding hydrogens is 206 g/mol. The van der Waals surface area contributed by atoms with Gasteiger partial charge in [-0.15, -0.1) is 0 Å². The fourth-order valence-electron chi connectivity index (χ4n) is 1.72. The number of nitriles is 1. The van der Waals surface area contributed by atoms with Gasteiger partial charge in [-0.1, -0.05) is 29.3 Å². The molecule has 0 radical (unpaired) electrons. The van der Waals surface area contributed by atoms with Gasteiger partial charge in [-0.3, -0.25) is 0 Å². The number of rotatable bonds is 2. The zero-order valence-electron chi connectivity index (χ0n) is 8.63. The van der Waals surface area contributed by atoms with E-state index >= 15 is 0 Å². The van der Waals surface area contributed by atoms with Gasteiger partial charge >= 0.3 is 0 Å². The fourth-order valence-corrected chi connectivity index (χ4v) is 1.84. The number of nitrogens with zero attached hydrogens (tertiary/aromatic N) is 1. The van der Waals surface area contributed by atoms with E-state index in [1.165, 1.54) is 18.4 Å². The molecule has 0 amide bonds. The Morgan fingerprint density at radius 3 is 2.40 bits per heavy atom. The summed E-state index contributed by atoms with van der Waals surface area (Å²) in [5, 5.41) is 9.86. The average molecular weight is 218 g/mol. The van der Waals surface area contributed by atoms with Crippen molar-refractivity contribution in [1.82, 2.24) is 0 Å². The number of benzene rings is 1. The highest BCUT2D eigenvalue weighted by atomic mass is 35.5. The molecule has 0 N–H and O–H groups in total. The van der Waals surface area contributed by atoms with Crippen LogP contribution in [0.3, 0.4) is 0 Å². The van der Waals surface area contributed by atoms with Crippen LogP contribution in [0.4, 0.5) is 0 Å². The summed E-state index contributed by atoms with van der Waals surface area (Å²) in [6, 6.07) is 9.77. The van der Waals surface area contributed by atoms with Crippen molar-refractivity contribution in [3.63, 3.8) is 0 Å². The first-order valence-electron chi connectivity index (χ1n) is 5.09. The van der Waals surface area contributed by atoms with Gasteiger partial charge in [0.2, 0.25) is 0 Å². The summed E-state index contributed by atoms with van der Waals surface area (Å²) < 4.78 is 0. The zero-order valence-corrected chi connectivity index (χ0v) is 9.38. The van der Waals surface area contributed by atoms with Crippen LogP contribution in [0.2, 0.25) is 5.02 Å². The maximum Gasteiger partial charge on any atom is 0.0997 e. The molecule has 1 aliphatic rings. The summed E-state index contributed by atoms with van der Waals surface area (Å²) in [4.78, 5) is 0. The number of hydrogen-bond acceptors (Lipinski definition) is 1. The van der Waals surface area contributed by atoms with E-state index < -0.39 is 0 Å². The largest absolute Gasteiger partial charge is 0.192 e. The van der Waals surface area contributed by atoms with Crippen molar-refractivity contribution < 1.29 is 0 Å². The number of halogens is 1. The third-order valence-electron chi connectivity index (χ3n) is 2.83. The summed E-state index contributed by atoms with van der Waals surface area (Å²) >= 11 is 5.82. The Kier molecular flexibility index (Phi) is 2.79. The van der Waals surface area contributed by atoms with E-state index in [-0.39, 0.29) is 0 Å². The lowest BCUT2D eigenvalue weighted by molar-refractivity contribution is 1.01. The van der Waals surface area contributed by atoms with Crippen LogP contribution in [0.25, 0.3) is 5.57 Å². The van der Waals surface area contributed by atoms with Crippen molar-refractivity contribution in [2.45, 2.75) is 19.8 Å². The smallest absolute Gasteiger partial charge is 0.0997 e. The summed E-state index contributed by atoms with van der Waals surface area (Å²) in [5.74, 6) is 0.635. The van der Waals surface area contributed by atoms with E-state index in [2.05, 4.69) is 13.0 Å². The Morgan fingerprint density at radius 2 is 1.93 bits per heavy atom.